The van der Waals surface area contributed by atoms with Crippen LogP contribution < -0.4 is 15.1 Å². The number of methoxy groups -OCH3 is 1. The number of sulfonamides is 1. The third-order valence-corrected chi connectivity index (χ3v) is 6.33. The summed E-state index contributed by atoms with van der Waals surface area (Å²) in [5.74, 6) is 0.640. The standard InChI is InChI=1S/C22H17N5O4S/c1-31-19-12-5-4-11-18(19)26-32(29,30)15-8-6-7-14(13-15)20-24-21-16-9-2-3-10-17(16)23-22(28)27(21)25-20/h2-13,26H,1H3,(H,23,28). The van der Waals surface area contributed by atoms with Crippen LogP contribution in [0.1, 0.15) is 0 Å². The number of benzene rings is 3. The molecule has 2 N–H and O–H groups in total. The fourth-order valence-electron chi connectivity index (χ4n) is 3.44. The molecule has 0 bridgehead atoms. The van der Waals surface area contributed by atoms with E-state index in [1.54, 1.807) is 42.5 Å². The summed E-state index contributed by atoms with van der Waals surface area (Å²) in [4.78, 5) is 19.7. The number of hydrogen-bond acceptors (Lipinski definition) is 6. The van der Waals surface area contributed by atoms with Crippen molar-refractivity contribution in [1.82, 2.24) is 19.6 Å². The van der Waals surface area contributed by atoms with Crippen molar-refractivity contribution >= 4 is 32.3 Å². The minimum Gasteiger partial charge on any atom is -0.495 e. The minimum absolute atomic E-state index is 0.0264. The molecule has 0 fully saturated rings. The molecule has 0 saturated carbocycles. The molecule has 0 aliphatic rings. The van der Waals surface area contributed by atoms with E-state index in [0.717, 1.165) is 5.39 Å². The first-order valence-corrected chi connectivity index (χ1v) is 11.1. The van der Waals surface area contributed by atoms with Crippen LogP contribution in [0.25, 0.3) is 27.9 Å². The highest BCUT2D eigenvalue weighted by Gasteiger charge is 2.19. The van der Waals surface area contributed by atoms with Crippen LogP contribution in [0.5, 0.6) is 5.75 Å². The van der Waals surface area contributed by atoms with Crippen LogP contribution in [-0.2, 0) is 10.0 Å². The number of H-pyrrole nitrogens is 1. The molecule has 2 aromatic heterocycles. The number of nitrogens with zero attached hydrogens (tertiary/aromatic N) is 3. The van der Waals surface area contributed by atoms with E-state index in [-0.39, 0.29) is 10.7 Å². The predicted molar refractivity (Wildman–Crippen MR) is 120 cm³/mol. The summed E-state index contributed by atoms with van der Waals surface area (Å²) in [5, 5.41) is 5.02. The van der Waals surface area contributed by atoms with Crippen LogP contribution in [0.3, 0.4) is 0 Å². The lowest BCUT2D eigenvalue weighted by atomic mass is 10.2. The van der Waals surface area contributed by atoms with Gasteiger partial charge < -0.3 is 9.72 Å². The minimum atomic E-state index is -3.91. The normalized spacial score (nSPS) is 11.7. The smallest absolute Gasteiger partial charge is 0.348 e. The Kier molecular flexibility index (Phi) is 4.63. The first kappa shape index (κ1) is 19.8. The Hall–Kier alpha value is -4.18. The molecule has 32 heavy (non-hydrogen) atoms. The maximum absolute atomic E-state index is 13.0. The quantitative estimate of drug-likeness (QED) is 0.428. The Labute approximate surface area is 182 Å². The molecule has 0 saturated heterocycles. The molecule has 5 rings (SSSR count). The maximum atomic E-state index is 13.0. The van der Waals surface area contributed by atoms with E-state index in [0.29, 0.717) is 28.2 Å². The van der Waals surface area contributed by atoms with E-state index in [4.69, 9.17) is 4.74 Å². The summed E-state index contributed by atoms with van der Waals surface area (Å²) >= 11 is 0. The summed E-state index contributed by atoms with van der Waals surface area (Å²) in [6, 6.07) is 20.2. The molecule has 2 heterocycles. The maximum Gasteiger partial charge on any atom is 0.348 e. The van der Waals surface area contributed by atoms with Gasteiger partial charge >= 0.3 is 5.69 Å². The third-order valence-electron chi connectivity index (χ3n) is 4.96. The summed E-state index contributed by atoms with van der Waals surface area (Å²) in [6.45, 7) is 0. The highest BCUT2D eigenvalue weighted by molar-refractivity contribution is 7.92. The fraction of sp³-hybridized carbons (Fsp3) is 0.0455. The largest absolute Gasteiger partial charge is 0.495 e. The first-order valence-electron chi connectivity index (χ1n) is 9.60. The number of aromatic nitrogens is 4. The van der Waals surface area contributed by atoms with Crippen molar-refractivity contribution in [1.29, 1.82) is 0 Å². The van der Waals surface area contributed by atoms with Crippen molar-refractivity contribution in [2.45, 2.75) is 4.90 Å². The van der Waals surface area contributed by atoms with Gasteiger partial charge in [0.2, 0.25) is 0 Å². The number of nitrogens with one attached hydrogen (secondary N) is 2. The van der Waals surface area contributed by atoms with Gasteiger partial charge in [0.15, 0.2) is 11.5 Å². The Morgan fingerprint density at radius 1 is 1.00 bits per heavy atom. The molecule has 160 valence electrons. The van der Waals surface area contributed by atoms with E-state index < -0.39 is 15.7 Å². The lowest BCUT2D eigenvalue weighted by Gasteiger charge is -2.12. The van der Waals surface area contributed by atoms with Gasteiger partial charge in [0.25, 0.3) is 10.0 Å². The van der Waals surface area contributed by atoms with E-state index in [9.17, 15) is 13.2 Å². The molecule has 0 aliphatic carbocycles. The Morgan fingerprint density at radius 3 is 2.62 bits per heavy atom. The topological polar surface area (TPSA) is 118 Å². The van der Waals surface area contributed by atoms with Crippen LogP contribution in [0.4, 0.5) is 5.69 Å². The van der Waals surface area contributed by atoms with Gasteiger partial charge in [-0.25, -0.2) is 18.2 Å². The van der Waals surface area contributed by atoms with Crippen LogP contribution in [0, 0.1) is 0 Å². The number of anilines is 1. The Morgan fingerprint density at radius 2 is 1.78 bits per heavy atom. The molecule has 0 aliphatic heterocycles. The average Bonchev–Trinajstić information content (AvgIpc) is 3.26. The zero-order chi connectivity index (χ0) is 22.3. The van der Waals surface area contributed by atoms with Gasteiger partial charge in [0.1, 0.15) is 5.75 Å². The molecule has 0 unspecified atom stereocenters. The summed E-state index contributed by atoms with van der Waals surface area (Å²) < 4.78 is 34.9. The van der Waals surface area contributed by atoms with Gasteiger partial charge in [-0.3, -0.25) is 4.72 Å². The molecular weight excluding hydrogens is 430 g/mol. The molecule has 10 heteroatoms. The highest BCUT2D eigenvalue weighted by Crippen LogP contribution is 2.28. The number of fused-ring (bicyclic) bond motifs is 3. The second kappa shape index (κ2) is 7.50. The van der Waals surface area contributed by atoms with Gasteiger partial charge in [-0.15, -0.1) is 5.10 Å². The van der Waals surface area contributed by atoms with Gasteiger partial charge in [-0.1, -0.05) is 36.4 Å². The van der Waals surface area contributed by atoms with Crippen molar-refractivity contribution in [3.05, 3.63) is 83.3 Å². The SMILES string of the molecule is COc1ccccc1NS(=O)(=O)c1cccc(-c2nc3c4ccccc4[nH]c(=O)n3n2)c1. The Bertz CT molecular complexity index is 1640. The summed E-state index contributed by atoms with van der Waals surface area (Å²) in [5.41, 5.74) is 1.38. The molecule has 9 nitrogen and oxygen atoms in total. The number of rotatable bonds is 5. The second-order valence-corrected chi connectivity index (χ2v) is 8.66. The van der Waals surface area contributed by atoms with E-state index in [1.807, 2.05) is 18.2 Å². The summed E-state index contributed by atoms with van der Waals surface area (Å²) in [6.07, 6.45) is 0. The lowest BCUT2D eigenvalue weighted by molar-refractivity contribution is 0.417. The van der Waals surface area contributed by atoms with Gasteiger partial charge in [0.05, 0.1) is 23.2 Å². The zero-order valence-corrected chi connectivity index (χ0v) is 17.6. The van der Waals surface area contributed by atoms with Gasteiger partial charge in [-0.05, 0) is 36.4 Å². The first-order chi connectivity index (χ1) is 15.5. The molecular formula is C22H17N5O4S. The van der Waals surface area contributed by atoms with Crippen molar-refractivity contribution in [2.24, 2.45) is 0 Å². The number of aromatic amines is 1. The number of ether oxygens (including phenoxy) is 1. The predicted octanol–water partition coefficient (Wildman–Crippen LogP) is 3.05. The van der Waals surface area contributed by atoms with Crippen LogP contribution in [0.2, 0.25) is 0 Å². The zero-order valence-electron chi connectivity index (χ0n) is 16.8. The molecule has 0 amide bonds. The molecule has 0 atom stereocenters. The molecule has 3 aromatic carbocycles. The summed E-state index contributed by atoms with van der Waals surface area (Å²) in [7, 11) is -2.44. The van der Waals surface area contributed by atoms with Crippen LogP contribution in [-0.4, -0.2) is 35.1 Å². The van der Waals surface area contributed by atoms with Gasteiger partial charge in [0, 0.05) is 10.9 Å². The fourth-order valence-corrected chi connectivity index (χ4v) is 4.56. The van der Waals surface area contributed by atoms with Gasteiger partial charge in [-0.2, -0.15) is 4.52 Å². The lowest BCUT2D eigenvalue weighted by Crippen LogP contribution is -2.17. The number of hydrogen-bond donors (Lipinski definition) is 2. The van der Waals surface area contributed by atoms with E-state index in [2.05, 4.69) is 19.8 Å². The van der Waals surface area contributed by atoms with Crippen LogP contribution >= 0.6 is 0 Å². The third kappa shape index (κ3) is 3.36. The number of para-hydroxylation sites is 3. The molecule has 5 aromatic rings. The molecule has 0 spiro atoms. The van der Waals surface area contributed by atoms with E-state index >= 15 is 0 Å². The second-order valence-electron chi connectivity index (χ2n) is 6.98. The molecule has 0 radical (unpaired) electrons. The van der Waals surface area contributed by atoms with Crippen molar-refractivity contribution in [3.8, 4) is 17.1 Å². The van der Waals surface area contributed by atoms with Crippen molar-refractivity contribution in [2.75, 3.05) is 11.8 Å². The average molecular weight is 447 g/mol. The van der Waals surface area contributed by atoms with Crippen LogP contribution in [0.15, 0.2) is 82.5 Å². The Balaban J connectivity index is 1.58. The monoisotopic (exact) mass is 447 g/mol. The highest BCUT2D eigenvalue weighted by atomic mass is 32.2. The van der Waals surface area contributed by atoms with Crippen molar-refractivity contribution < 1.29 is 13.2 Å². The van der Waals surface area contributed by atoms with E-state index in [1.165, 1.54) is 23.8 Å². The van der Waals surface area contributed by atoms with Crippen molar-refractivity contribution in [3.63, 3.8) is 0 Å².